The van der Waals surface area contributed by atoms with Gasteiger partial charge >= 0.3 is 0 Å². The zero-order valence-electron chi connectivity index (χ0n) is 18.9. The molecule has 3 N–H and O–H groups in total. The number of nitrogens with one attached hydrogen (secondary N) is 3. The fourth-order valence-electron chi connectivity index (χ4n) is 3.94. The minimum absolute atomic E-state index is 0.187. The molecule has 0 radical (unpaired) electrons. The number of ether oxygens (including phenoxy) is 1. The molecule has 0 atom stereocenters. The van der Waals surface area contributed by atoms with E-state index in [1.54, 1.807) is 24.7 Å². The highest BCUT2D eigenvalue weighted by atomic mass is 19.1. The van der Waals surface area contributed by atoms with E-state index in [-0.39, 0.29) is 5.75 Å². The third-order valence-electron chi connectivity index (χ3n) is 5.67. The van der Waals surface area contributed by atoms with Crippen molar-refractivity contribution in [3.05, 3.63) is 42.7 Å². The maximum Gasteiger partial charge on any atom is 0.233 e. The molecule has 1 aliphatic rings. The molecule has 1 aliphatic carbocycles. The van der Waals surface area contributed by atoms with Gasteiger partial charge in [-0.2, -0.15) is 15.0 Å². The van der Waals surface area contributed by atoms with E-state index in [0.717, 1.165) is 25.8 Å². The molecule has 2 heterocycles. The van der Waals surface area contributed by atoms with Gasteiger partial charge in [0, 0.05) is 43.3 Å². The Balaban J connectivity index is 1.46. The van der Waals surface area contributed by atoms with Crippen LogP contribution in [0.15, 0.2) is 36.9 Å². The van der Waals surface area contributed by atoms with Crippen LogP contribution in [0.25, 0.3) is 0 Å². The quantitative estimate of drug-likeness (QED) is 0.302. The molecule has 0 aliphatic heterocycles. The Morgan fingerprint density at radius 2 is 1.85 bits per heavy atom. The van der Waals surface area contributed by atoms with Gasteiger partial charge in [-0.3, -0.25) is 0 Å². The third kappa shape index (κ3) is 6.77. The second-order valence-corrected chi connectivity index (χ2v) is 8.19. The maximum absolute atomic E-state index is 14.1. The smallest absolute Gasteiger partial charge is 0.233 e. The predicted molar refractivity (Wildman–Crippen MR) is 127 cm³/mol. The first-order chi connectivity index (χ1) is 16.2. The van der Waals surface area contributed by atoms with Crippen LogP contribution in [0.1, 0.15) is 44.9 Å². The number of aromatic nitrogens is 5. The van der Waals surface area contributed by atoms with Gasteiger partial charge in [-0.25, -0.2) is 9.37 Å². The Morgan fingerprint density at radius 3 is 2.58 bits per heavy atom. The van der Waals surface area contributed by atoms with Gasteiger partial charge in [0.15, 0.2) is 11.6 Å². The van der Waals surface area contributed by atoms with Crippen molar-refractivity contribution in [2.75, 3.05) is 29.6 Å². The first-order valence-corrected chi connectivity index (χ1v) is 11.5. The molecular weight excluding hydrogens is 423 g/mol. The molecule has 10 heteroatoms. The molecule has 1 fully saturated rings. The number of aryl methyl sites for hydroxylation is 1. The van der Waals surface area contributed by atoms with Gasteiger partial charge in [-0.1, -0.05) is 25.7 Å². The summed E-state index contributed by atoms with van der Waals surface area (Å²) in [6, 6.07) is 5.00. The number of anilines is 4. The number of hydrogen-bond acceptors (Lipinski definition) is 8. The standard InChI is InChI=1S/C23H31FN8O/c1-33-20-10-9-18(15-19(20)24)28-23-30-21(26-11-6-13-32-14-12-25-16-32)29-22(31-23)27-17-7-4-2-3-5-8-17/h9-10,12,14-17H,2-8,11,13H2,1H3,(H3,26,27,28,29,30,31). The molecule has 0 saturated heterocycles. The van der Waals surface area contributed by atoms with Crippen LogP contribution in [0.2, 0.25) is 0 Å². The Kier molecular flexibility index (Phi) is 7.89. The molecule has 0 unspecified atom stereocenters. The molecule has 33 heavy (non-hydrogen) atoms. The van der Waals surface area contributed by atoms with E-state index in [1.807, 2.05) is 10.8 Å². The van der Waals surface area contributed by atoms with E-state index in [2.05, 4.69) is 35.9 Å². The molecule has 2 aromatic heterocycles. The SMILES string of the molecule is COc1ccc(Nc2nc(NCCCn3ccnc3)nc(NC3CCCCCC3)n2)cc1F. The van der Waals surface area contributed by atoms with Crippen molar-refractivity contribution < 1.29 is 9.13 Å². The van der Waals surface area contributed by atoms with Gasteiger partial charge < -0.3 is 25.3 Å². The number of hydrogen-bond donors (Lipinski definition) is 3. The first-order valence-electron chi connectivity index (χ1n) is 11.5. The third-order valence-corrected chi connectivity index (χ3v) is 5.67. The zero-order valence-corrected chi connectivity index (χ0v) is 18.9. The molecule has 4 rings (SSSR count). The summed E-state index contributed by atoms with van der Waals surface area (Å²) in [6.07, 6.45) is 13.6. The lowest BCUT2D eigenvalue weighted by Gasteiger charge is -2.17. The van der Waals surface area contributed by atoms with E-state index in [9.17, 15) is 4.39 Å². The van der Waals surface area contributed by atoms with Crippen LogP contribution < -0.4 is 20.7 Å². The van der Waals surface area contributed by atoms with Gasteiger partial charge in [0.2, 0.25) is 17.8 Å². The van der Waals surface area contributed by atoms with E-state index in [1.165, 1.54) is 38.9 Å². The maximum atomic E-state index is 14.1. The molecule has 3 aromatic rings. The number of benzene rings is 1. The molecule has 1 saturated carbocycles. The van der Waals surface area contributed by atoms with Crippen molar-refractivity contribution >= 4 is 23.5 Å². The van der Waals surface area contributed by atoms with Crippen molar-refractivity contribution in [2.45, 2.75) is 57.5 Å². The summed E-state index contributed by atoms with van der Waals surface area (Å²) in [5.74, 6) is 1.08. The minimum Gasteiger partial charge on any atom is -0.494 e. The van der Waals surface area contributed by atoms with E-state index >= 15 is 0 Å². The highest BCUT2D eigenvalue weighted by Gasteiger charge is 2.15. The highest BCUT2D eigenvalue weighted by molar-refractivity contribution is 5.57. The van der Waals surface area contributed by atoms with E-state index in [0.29, 0.717) is 36.1 Å². The predicted octanol–water partition coefficient (Wildman–Crippen LogP) is 4.60. The van der Waals surface area contributed by atoms with E-state index < -0.39 is 5.82 Å². The van der Waals surface area contributed by atoms with Crippen LogP contribution in [0.3, 0.4) is 0 Å². The molecule has 0 amide bonds. The average Bonchev–Trinajstić information content (AvgIpc) is 3.20. The second-order valence-electron chi connectivity index (χ2n) is 8.19. The van der Waals surface area contributed by atoms with Crippen molar-refractivity contribution in [1.29, 1.82) is 0 Å². The average molecular weight is 455 g/mol. The monoisotopic (exact) mass is 454 g/mol. The summed E-state index contributed by atoms with van der Waals surface area (Å²) in [4.78, 5) is 17.7. The van der Waals surface area contributed by atoms with Crippen molar-refractivity contribution in [2.24, 2.45) is 0 Å². The van der Waals surface area contributed by atoms with Crippen LogP contribution in [0.5, 0.6) is 5.75 Å². The molecule has 9 nitrogen and oxygen atoms in total. The Labute approximate surface area is 193 Å². The van der Waals surface area contributed by atoms with Gasteiger partial charge in [-0.15, -0.1) is 0 Å². The number of rotatable bonds is 10. The largest absolute Gasteiger partial charge is 0.494 e. The summed E-state index contributed by atoms with van der Waals surface area (Å²) >= 11 is 0. The zero-order chi connectivity index (χ0) is 22.9. The molecule has 1 aromatic carbocycles. The molecule has 0 spiro atoms. The fraction of sp³-hybridized carbons (Fsp3) is 0.478. The summed E-state index contributed by atoms with van der Waals surface area (Å²) in [7, 11) is 1.44. The molecule has 0 bridgehead atoms. The van der Waals surface area contributed by atoms with Crippen LogP contribution >= 0.6 is 0 Å². The number of nitrogens with zero attached hydrogens (tertiary/aromatic N) is 5. The topological polar surface area (TPSA) is 102 Å². The van der Waals surface area contributed by atoms with E-state index in [4.69, 9.17) is 4.74 Å². The second kappa shape index (κ2) is 11.4. The van der Waals surface area contributed by atoms with Crippen LogP contribution in [-0.2, 0) is 6.54 Å². The fourth-order valence-corrected chi connectivity index (χ4v) is 3.94. The lowest BCUT2D eigenvalue weighted by atomic mass is 10.1. The lowest BCUT2D eigenvalue weighted by molar-refractivity contribution is 0.386. The Bertz CT molecular complexity index is 1010. The Hall–Kier alpha value is -3.43. The number of imidazole rings is 1. The van der Waals surface area contributed by atoms with Gasteiger partial charge in [-0.05, 0) is 31.4 Å². The number of methoxy groups -OCH3 is 1. The minimum atomic E-state index is -0.453. The van der Waals surface area contributed by atoms with Crippen LogP contribution in [0, 0.1) is 5.82 Å². The van der Waals surface area contributed by atoms with Gasteiger partial charge in [0.25, 0.3) is 0 Å². The molecule has 176 valence electrons. The van der Waals surface area contributed by atoms with Crippen molar-refractivity contribution in [3.8, 4) is 5.75 Å². The van der Waals surface area contributed by atoms with Gasteiger partial charge in [0.1, 0.15) is 0 Å². The van der Waals surface area contributed by atoms with Crippen LogP contribution in [-0.4, -0.2) is 44.2 Å². The summed E-state index contributed by atoms with van der Waals surface area (Å²) < 4.78 is 21.2. The normalized spacial score (nSPS) is 14.5. The summed E-state index contributed by atoms with van der Waals surface area (Å²) in [5, 5.41) is 9.85. The first kappa shape index (κ1) is 22.8. The highest BCUT2D eigenvalue weighted by Crippen LogP contribution is 2.24. The number of halogens is 1. The Morgan fingerprint density at radius 1 is 1.06 bits per heavy atom. The van der Waals surface area contributed by atoms with Crippen molar-refractivity contribution in [3.63, 3.8) is 0 Å². The lowest BCUT2D eigenvalue weighted by Crippen LogP contribution is -2.21. The molecular formula is C23H31FN8O. The van der Waals surface area contributed by atoms with Gasteiger partial charge in [0.05, 0.1) is 13.4 Å². The summed E-state index contributed by atoms with van der Waals surface area (Å²) in [5.41, 5.74) is 0.533. The van der Waals surface area contributed by atoms with Crippen molar-refractivity contribution in [1.82, 2.24) is 24.5 Å². The van der Waals surface area contributed by atoms with Crippen LogP contribution in [0.4, 0.5) is 27.9 Å². The summed E-state index contributed by atoms with van der Waals surface area (Å²) in [6.45, 7) is 1.54.